The van der Waals surface area contributed by atoms with Crippen LogP contribution < -0.4 is 0 Å². The fraction of sp³-hybridized carbons (Fsp3) is 0.667. The lowest BCUT2D eigenvalue weighted by Crippen LogP contribution is -2.24. The number of nitrogens with zero attached hydrogens (tertiary/aromatic N) is 3. The maximum absolute atomic E-state index is 4.76. The maximum atomic E-state index is 4.76. The van der Waals surface area contributed by atoms with Crippen LogP contribution in [0.5, 0.6) is 0 Å². The molecular weight excluding hydrogens is 222 g/mol. The highest BCUT2D eigenvalue weighted by Gasteiger charge is 2.05. The lowest BCUT2D eigenvalue weighted by molar-refractivity contribution is 0.284. The topological polar surface area (TPSA) is 19.4 Å². The van der Waals surface area contributed by atoms with Gasteiger partial charge in [0, 0.05) is 13.1 Å². The van der Waals surface area contributed by atoms with Gasteiger partial charge in [-0.1, -0.05) is 33.8 Å². The SMILES string of the molecule is CCN(CC)Cc1cccc(CN(CC)CC)n1. The van der Waals surface area contributed by atoms with Crippen molar-refractivity contribution in [3.63, 3.8) is 0 Å². The molecule has 0 aromatic carbocycles. The van der Waals surface area contributed by atoms with E-state index in [0.29, 0.717) is 0 Å². The van der Waals surface area contributed by atoms with Gasteiger partial charge in [0.25, 0.3) is 0 Å². The van der Waals surface area contributed by atoms with Crippen LogP contribution in [0.1, 0.15) is 39.1 Å². The Morgan fingerprint density at radius 1 is 0.778 bits per heavy atom. The minimum atomic E-state index is 0.957. The second kappa shape index (κ2) is 8.22. The van der Waals surface area contributed by atoms with Crippen molar-refractivity contribution >= 4 is 0 Å². The van der Waals surface area contributed by atoms with Crippen LogP contribution in [0.4, 0.5) is 0 Å². The molecule has 0 aliphatic carbocycles. The molecule has 18 heavy (non-hydrogen) atoms. The monoisotopic (exact) mass is 249 g/mol. The Kier molecular flexibility index (Phi) is 6.91. The van der Waals surface area contributed by atoms with Gasteiger partial charge in [0.05, 0.1) is 11.4 Å². The Morgan fingerprint density at radius 3 is 1.50 bits per heavy atom. The van der Waals surface area contributed by atoms with Crippen molar-refractivity contribution in [3.05, 3.63) is 29.6 Å². The van der Waals surface area contributed by atoms with E-state index in [1.165, 1.54) is 11.4 Å². The summed E-state index contributed by atoms with van der Waals surface area (Å²) in [5.41, 5.74) is 2.37. The Labute approximate surface area is 112 Å². The molecule has 0 spiro atoms. The van der Waals surface area contributed by atoms with Crippen molar-refractivity contribution < 1.29 is 0 Å². The van der Waals surface area contributed by atoms with Gasteiger partial charge in [-0.05, 0) is 38.3 Å². The zero-order chi connectivity index (χ0) is 13.4. The third-order valence-electron chi connectivity index (χ3n) is 3.42. The quantitative estimate of drug-likeness (QED) is 0.706. The van der Waals surface area contributed by atoms with Crippen molar-refractivity contribution in [2.24, 2.45) is 0 Å². The molecule has 0 saturated carbocycles. The third-order valence-corrected chi connectivity index (χ3v) is 3.42. The standard InChI is InChI=1S/C15H27N3/c1-5-17(6-2)12-14-10-9-11-15(16-14)13-18(7-3)8-4/h9-11H,5-8,12-13H2,1-4H3. The molecule has 1 heterocycles. The van der Waals surface area contributed by atoms with E-state index in [1.807, 2.05) is 0 Å². The largest absolute Gasteiger partial charge is 0.298 e. The predicted octanol–water partition coefficient (Wildman–Crippen LogP) is 2.77. The highest BCUT2D eigenvalue weighted by molar-refractivity contribution is 5.11. The summed E-state index contributed by atoms with van der Waals surface area (Å²) in [7, 11) is 0. The van der Waals surface area contributed by atoms with Gasteiger partial charge >= 0.3 is 0 Å². The van der Waals surface area contributed by atoms with E-state index in [2.05, 4.69) is 55.7 Å². The summed E-state index contributed by atoms with van der Waals surface area (Å²) >= 11 is 0. The molecule has 3 heteroatoms. The van der Waals surface area contributed by atoms with Crippen LogP contribution >= 0.6 is 0 Å². The lowest BCUT2D eigenvalue weighted by Gasteiger charge is -2.20. The molecule has 0 aliphatic rings. The number of rotatable bonds is 8. The molecule has 0 bridgehead atoms. The highest BCUT2D eigenvalue weighted by atomic mass is 15.1. The van der Waals surface area contributed by atoms with Crippen molar-refractivity contribution in [1.29, 1.82) is 0 Å². The summed E-state index contributed by atoms with van der Waals surface area (Å²) in [4.78, 5) is 9.55. The first kappa shape index (κ1) is 15.1. The van der Waals surface area contributed by atoms with Crippen LogP contribution in [-0.4, -0.2) is 41.0 Å². The van der Waals surface area contributed by atoms with Gasteiger partial charge in [0.1, 0.15) is 0 Å². The summed E-state index contributed by atoms with van der Waals surface area (Å²) in [6.45, 7) is 15.0. The lowest BCUT2D eigenvalue weighted by atomic mass is 10.2. The zero-order valence-electron chi connectivity index (χ0n) is 12.3. The van der Waals surface area contributed by atoms with E-state index >= 15 is 0 Å². The zero-order valence-corrected chi connectivity index (χ0v) is 12.3. The van der Waals surface area contributed by atoms with Crippen LogP contribution in [-0.2, 0) is 13.1 Å². The number of aromatic nitrogens is 1. The minimum Gasteiger partial charge on any atom is -0.298 e. The molecule has 3 nitrogen and oxygen atoms in total. The van der Waals surface area contributed by atoms with Gasteiger partial charge in [0.2, 0.25) is 0 Å². The molecule has 102 valence electrons. The van der Waals surface area contributed by atoms with Gasteiger partial charge in [-0.3, -0.25) is 14.8 Å². The normalized spacial score (nSPS) is 11.4. The Balaban J connectivity index is 2.66. The summed E-state index contributed by atoms with van der Waals surface area (Å²) in [5, 5.41) is 0. The first-order valence-corrected chi connectivity index (χ1v) is 7.12. The summed E-state index contributed by atoms with van der Waals surface area (Å²) in [6.07, 6.45) is 0. The number of hydrogen-bond donors (Lipinski definition) is 0. The first-order valence-electron chi connectivity index (χ1n) is 7.12. The van der Waals surface area contributed by atoms with Gasteiger partial charge in [-0.2, -0.15) is 0 Å². The fourth-order valence-corrected chi connectivity index (χ4v) is 2.06. The minimum absolute atomic E-state index is 0.957. The summed E-state index contributed by atoms with van der Waals surface area (Å²) in [5.74, 6) is 0. The van der Waals surface area contributed by atoms with E-state index in [0.717, 1.165) is 39.3 Å². The van der Waals surface area contributed by atoms with E-state index in [4.69, 9.17) is 4.98 Å². The second-order valence-electron chi connectivity index (χ2n) is 4.54. The van der Waals surface area contributed by atoms with Gasteiger partial charge in [-0.25, -0.2) is 0 Å². The summed E-state index contributed by atoms with van der Waals surface area (Å²) in [6, 6.07) is 6.39. The van der Waals surface area contributed by atoms with Gasteiger partial charge in [0.15, 0.2) is 0 Å². The van der Waals surface area contributed by atoms with Crippen LogP contribution in [0.3, 0.4) is 0 Å². The highest BCUT2D eigenvalue weighted by Crippen LogP contribution is 2.06. The molecule has 0 N–H and O–H groups in total. The molecule has 0 aliphatic heterocycles. The smallest absolute Gasteiger partial charge is 0.0547 e. The molecule has 0 radical (unpaired) electrons. The maximum Gasteiger partial charge on any atom is 0.0547 e. The Bertz CT molecular complexity index is 301. The Hall–Kier alpha value is -0.930. The van der Waals surface area contributed by atoms with Crippen molar-refractivity contribution in [3.8, 4) is 0 Å². The van der Waals surface area contributed by atoms with Crippen molar-refractivity contribution in [1.82, 2.24) is 14.8 Å². The summed E-state index contributed by atoms with van der Waals surface area (Å²) < 4.78 is 0. The van der Waals surface area contributed by atoms with Gasteiger partial charge in [-0.15, -0.1) is 0 Å². The molecule has 1 rings (SSSR count). The Morgan fingerprint density at radius 2 is 1.17 bits per heavy atom. The van der Waals surface area contributed by atoms with Crippen LogP contribution in [0.15, 0.2) is 18.2 Å². The van der Waals surface area contributed by atoms with Crippen molar-refractivity contribution in [2.45, 2.75) is 40.8 Å². The first-order chi connectivity index (χ1) is 8.73. The van der Waals surface area contributed by atoms with E-state index in [1.54, 1.807) is 0 Å². The molecule has 0 fully saturated rings. The molecule has 1 aromatic heterocycles. The fourth-order valence-electron chi connectivity index (χ4n) is 2.06. The second-order valence-corrected chi connectivity index (χ2v) is 4.54. The van der Waals surface area contributed by atoms with Crippen molar-refractivity contribution in [2.75, 3.05) is 26.2 Å². The van der Waals surface area contributed by atoms with E-state index in [9.17, 15) is 0 Å². The molecule has 1 aromatic rings. The molecule has 0 unspecified atom stereocenters. The molecule has 0 atom stereocenters. The van der Waals surface area contributed by atoms with E-state index in [-0.39, 0.29) is 0 Å². The number of hydrogen-bond acceptors (Lipinski definition) is 3. The third kappa shape index (κ3) is 4.75. The van der Waals surface area contributed by atoms with Crippen LogP contribution in [0.25, 0.3) is 0 Å². The average Bonchev–Trinajstić information content (AvgIpc) is 2.42. The average molecular weight is 249 g/mol. The van der Waals surface area contributed by atoms with E-state index < -0.39 is 0 Å². The van der Waals surface area contributed by atoms with Crippen LogP contribution in [0.2, 0.25) is 0 Å². The van der Waals surface area contributed by atoms with Gasteiger partial charge < -0.3 is 0 Å². The number of pyridine rings is 1. The molecule has 0 saturated heterocycles. The molecule has 0 amide bonds. The van der Waals surface area contributed by atoms with Crippen LogP contribution in [0, 0.1) is 0 Å². The molecular formula is C15H27N3. The predicted molar refractivity (Wildman–Crippen MR) is 77.5 cm³/mol.